The van der Waals surface area contributed by atoms with Crippen molar-refractivity contribution < 1.29 is 0 Å². The maximum absolute atomic E-state index is 6.17. The Morgan fingerprint density at radius 2 is 1.56 bits per heavy atom. The molecule has 10 heteroatoms. The first-order chi connectivity index (χ1) is 21.1. The van der Waals surface area contributed by atoms with Crippen LogP contribution in [0.3, 0.4) is 0 Å². The fraction of sp³-hybridized carbons (Fsp3) is 0.273. The fourth-order valence-corrected chi connectivity index (χ4v) is 6.00. The highest BCUT2D eigenvalue weighted by atomic mass is 35.5. The molecule has 0 bridgehead atoms. The molecule has 2 N–H and O–H groups in total. The zero-order valence-electron chi connectivity index (χ0n) is 24.2. The number of aromatic nitrogens is 4. The summed E-state index contributed by atoms with van der Waals surface area (Å²) in [5.41, 5.74) is 6.19. The van der Waals surface area contributed by atoms with Crippen LogP contribution < -0.4 is 20.4 Å². The van der Waals surface area contributed by atoms with E-state index in [1.807, 2.05) is 48.5 Å². The largest absolute Gasteiger partial charge is 0.355 e. The van der Waals surface area contributed by atoms with Gasteiger partial charge in [0.25, 0.3) is 0 Å². The van der Waals surface area contributed by atoms with Crippen molar-refractivity contribution in [3.63, 3.8) is 0 Å². The van der Waals surface area contributed by atoms with Gasteiger partial charge >= 0.3 is 0 Å². The monoisotopic (exact) mass is 591 g/mol. The van der Waals surface area contributed by atoms with Gasteiger partial charge in [0, 0.05) is 72.1 Å². The number of nitrogens with one attached hydrogen (secondary N) is 2. The number of fused-ring (bicyclic) bond motifs is 2. The zero-order chi connectivity index (χ0) is 29.2. The number of para-hydroxylation sites is 1. The number of aryl methyl sites for hydroxylation is 1. The molecule has 1 saturated heterocycles. The van der Waals surface area contributed by atoms with Gasteiger partial charge in [-0.1, -0.05) is 36.7 Å². The summed E-state index contributed by atoms with van der Waals surface area (Å²) in [5, 5.41) is 8.65. The highest BCUT2D eigenvalue weighted by Gasteiger charge is 2.24. The molecular formula is C33H34ClN9. The van der Waals surface area contributed by atoms with Crippen molar-refractivity contribution in [3.8, 4) is 0 Å². The lowest BCUT2D eigenvalue weighted by Crippen LogP contribution is -2.47. The van der Waals surface area contributed by atoms with Crippen LogP contribution in [0.2, 0.25) is 5.02 Å². The molecule has 43 heavy (non-hydrogen) atoms. The third-order valence-electron chi connectivity index (χ3n) is 8.19. The standard InChI is InChI=1S/C33H34ClN9/c1-2-41-18-20-42(21-19-41)32-38-31(39-33(40-32)43-17-5-7-23-6-3-4-8-30(23)43)37-26-12-10-25(11-13-26)36-28-15-16-35-29-22-24(34)9-14-27(28)29/h3-4,6,8-16,22H,2,5,7,17-21H2,1H3,(H,35,36)(H,37,38,39,40). The molecule has 5 aromatic rings. The number of anilines is 7. The normalized spacial score (nSPS) is 15.4. The maximum Gasteiger partial charge on any atom is 0.236 e. The lowest BCUT2D eigenvalue weighted by atomic mass is 10.0. The van der Waals surface area contributed by atoms with Crippen LogP contribution in [0.25, 0.3) is 10.9 Å². The summed E-state index contributed by atoms with van der Waals surface area (Å²) in [5.74, 6) is 1.94. The van der Waals surface area contributed by atoms with E-state index in [1.54, 1.807) is 6.20 Å². The fourth-order valence-electron chi connectivity index (χ4n) is 5.83. The molecule has 9 nitrogen and oxygen atoms in total. The molecule has 0 spiro atoms. The van der Waals surface area contributed by atoms with Crippen LogP contribution in [0, 0.1) is 0 Å². The number of pyridine rings is 1. The van der Waals surface area contributed by atoms with Crippen LogP contribution in [0.15, 0.2) is 79.0 Å². The Balaban J connectivity index is 1.16. The number of piperazine rings is 1. The summed E-state index contributed by atoms with van der Waals surface area (Å²) in [6, 6.07) is 24.4. The highest BCUT2D eigenvalue weighted by molar-refractivity contribution is 6.31. The van der Waals surface area contributed by atoms with Crippen LogP contribution in [0.5, 0.6) is 0 Å². The number of hydrogen-bond acceptors (Lipinski definition) is 9. The van der Waals surface area contributed by atoms with Gasteiger partial charge in [-0.05, 0) is 79.5 Å². The molecule has 3 aromatic carbocycles. The van der Waals surface area contributed by atoms with E-state index in [0.717, 1.165) is 80.1 Å². The Hall–Kier alpha value is -4.47. The van der Waals surface area contributed by atoms with Gasteiger partial charge in [0.2, 0.25) is 17.8 Å². The average molecular weight is 592 g/mol. The number of rotatable bonds is 7. The SMILES string of the molecule is CCN1CCN(c2nc(Nc3ccc(Nc4ccnc5cc(Cl)ccc45)cc3)nc(N3CCCc4ccccc43)n2)CC1. The molecule has 2 aliphatic rings. The van der Waals surface area contributed by atoms with E-state index in [0.29, 0.717) is 22.9 Å². The number of nitrogens with zero attached hydrogens (tertiary/aromatic N) is 7. The Morgan fingerprint density at radius 1 is 0.791 bits per heavy atom. The quantitative estimate of drug-likeness (QED) is 0.212. The van der Waals surface area contributed by atoms with Crippen molar-refractivity contribution in [2.24, 2.45) is 0 Å². The highest BCUT2D eigenvalue weighted by Crippen LogP contribution is 2.33. The van der Waals surface area contributed by atoms with Gasteiger partial charge < -0.3 is 25.3 Å². The van der Waals surface area contributed by atoms with Crippen molar-refractivity contribution in [2.45, 2.75) is 19.8 Å². The minimum absolute atomic E-state index is 0.540. The van der Waals surface area contributed by atoms with E-state index < -0.39 is 0 Å². The molecule has 4 heterocycles. The Morgan fingerprint density at radius 3 is 2.37 bits per heavy atom. The lowest BCUT2D eigenvalue weighted by molar-refractivity contribution is 0.270. The van der Waals surface area contributed by atoms with Gasteiger partial charge in [-0.25, -0.2) is 0 Å². The number of benzene rings is 3. The van der Waals surface area contributed by atoms with Crippen LogP contribution in [0.1, 0.15) is 18.9 Å². The van der Waals surface area contributed by atoms with Crippen molar-refractivity contribution >= 4 is 63.1 Å². The van der Waals surface area contributed by atoms with Gasteiger partial charge in [-0.15, -0.1) is 0 Å². The predicted octanol–water partition coefficient (Wildman–Crippen LogP) is 6.79. The van der Waals surface area contributed by atoms with Crippen LogP contribution in [0.4, 0.5) is 40.6 Å². The summed E-state index contributed by atoms with van der Waals surface area (Å²) in [6.07, 6.45) is 3.91. The summed E-state index contributed by atoms with van der Waals surface area (Å²) in [7, 11) is 0. The molecule has 1 fully saturated rings. The van der Waals surface area contributed by atoms with E-state index in [9.17, 15) is 0 Å². The van der Waals surface area contributed by atoms with Gasteiger partial charge in [0.05, 0.1) is 5.52 Å². The van der Waals surface area contributed by atoms with Gasteiger partial charge in [0.1, 0.15) is 0 Å². The molecule has 0 saturated carbocycles. The van der Waals surface area contributed by atoms with E-state index in [1.165, 1.54) is 11.3 Å². The first kappa shape index (κ1) is 27.4. The van der Waals surface area contributed by atoms with Gasteiger partial charge in [-0.3, -0.25) is 4.98 Å². The van der Waals surface area contributed by atoms with E-state index in [2.05, 4.69) is 61.5 Å². The summed E-state index contributed by atoms with van der Waals surface area (Å²) < 4.78 is 0. The van der Waals surface area contributed by atoms with Gasteiger partial charge in [0.15, 0.2) is 0 Å². The number of halogens is 1. The second-order valence-corrected chi connectivity index (χ2v) is 11.3. The summed E-state index contributed by atoms with van der Waals surface area (Å²) in [4.78, 5) is 26.3. The van der Waals surface area contributed by atoms with Crippen molar-refractivity contribution in [3.05, 3.63) is 89.6 Å². The second kappa shape index (κ2) is 12.0. The molecule has 7 rings (SSSR count). The topological polar surface area (TPSA) is 85.3 Å². The van der Waals surface area contributed by atoms with Crippen LogP contribution in [-0.4, -0.2) is 64.1 Å². The predicted molar refractivity (Wildman–Crippen MR) is 176 cm³/mol. The Labute approximate surface area is 256 Å². The molecule has 0 radical (unpaired) electrons. The third kappa shape index (κ3) is 5.91. The number of likely N-dealkylation sites (N-methyl/N-ethyl adjacent to an activating group) is 1. The smallest absolute Gasteiger partial charge is 0.236 e. The second-order valence-electron chi connectivity index (χ2n) is 10.9. The molecule has 2 aliphatic heterocycles. The molecule has 0 amide bonds. The summed E-state index contributed by atoms with van der Waals surface area (Å²) in [6.45, 7) is 7.93. The van der Waals surface area contributed by atoms with Crippen molar-refractivity contribution in [1.82, 2.24) is 24.8 Å². The third-order valence-corrected chi connectivity index (χ3v) is 8.43. The Bertz CT molecular complexity index is 1740. The molecule has 218 valence electrons. The van der Waals surface area contributed by atoms with Crippen LogP contribution >= 0.6 is 11.6 Å². The molecule has 0 aliphatic carbocycles. The molecular weight excluding hydrogens is 558 g/mol. The maximum atomic E-state index is 6.17. The van der Waals surface area contributed by atoms with E-state index in [4.69, 9.17) is 26.6 Å². The van der Waals surface area contributed by atoms with Crippen molar-refractivity contribution in [2.75, 3.05) is 59.7 Å². The van der Waals surface area contributed by atoms with E-state index in [-0.39, 0.29) is 0 Å². The van der Waals surface area contributed by atoms with Crippen molar-refractivity contribution in [1.29, 1.82) is 0 Å². The van der Waals surface area contributed by atoms with Crippen LogP contribution in [-0.2, 0) is 6.42 Å². The molecule has 0 atom stereocenters. The first-order valence-corrected chi connectivity index (χ1v) is 15.3. The Kier molecular flexibility index (Phi) is 7.65. The minimum atomic E-state index is 0.540. The zero-order valence-corrected chi connectivity index (χ0v) is 24.9. The lowest BCUT2D eigenvalue weighted by Gasteiger charge is -2.35. The minimum Gasteiger partial charge on any atom is -0.355 e. The average Bonchev–Trinajstić information content (AvgIpc) is 3.05. The van der Waals surface area contributed by atoms with E-state index >= 15 is 0 Å². The summed E-state index contributed by atoms with van der Waals surface area (Å²) >= 11 is 6.17. The number of hydrogen-bond donors (Lipinski definition) is 2. The first-order valence-electron chi connectivity index (χ1n) is 14.9. The molecule has 0 unspecified atom stereocenters. The van der Waals surface area contributed by atoms with Gasteiger partial charge in [-0.2, -0.15) is 15.0 Å². The molecule has 2 aromatic heterocycles.